The molecule has 5 nitrogen and oxygen atoms in total. The third-order valence-corrected chi connectivity index (χ3v) is 2.04. The highest BCUT2D eigenvalue weighted by molar-refractivity contribution is 5.79. The predicted molar refractivity (Wildman–Crippen MR) is 56.5 cm³/mol. The Hall–Kier alpha value is -1.65. The summed E-state index contributed by atoms with van der Waals surface area (Å²) < 4.78 is 1.17. The molecule has 1 N–H and O–H groups in total. The van der Waals surface area contributed by atoms with Gasteiger partial charge >= 0.3 is 0 Å². The number of amides is 1. The van der Waals surface area contributed by atoms with Crippen LogP contribution in [0.5, 0.6) is 0 Å². The zero-order valence-corrected chi connectivity index (χ0v) is 8.93. The molecule has 0 spiro atoms. The first-order valence-corrected chi connectivity index (χ1v) is 4.98. The van der Waals surface area contributed by atoms with Crippen molar-refractivity contribution in [1.29, 1.82) is 0 Å². The Labute approximate surface area is 88.1 Å². The van der Waals surface area contributed by atoms with Gasteiger partial charge in [-0.3, -0.25) is 9.59 Å². The zero-order chi connectivity index (χ0) is 11.3. The largest absolute Gasteiger partial charge is 0.354 e. The summed E-state index contributed by atoms with van der Waals surface area (Å²) in [6, 6.07) is 2.37. The van der Waals surface area contributed by atoms with Crippen LogP contribution in [0, 0.1) is 0 Å². The monoisotopic (exact) mass is 209 g/mol. The number of hydrogen-bond acceptors (Lipinski definition) is 3. The minimum atomic E-state index is -0.565. The van der Waals surface area contributed by atoms with Crippen LogP contribution in [-0.4, -0.2) is 22.2 Å². The summed E-state index contributed by atoms with van der Waals surface area (Å²) in [6.45, 7) is 4.24. The smallest absolute Gasteiger partial charge is 0.267 e. The molecule has 0 bridgehead atoms. The van der Waals surface area contributed by atoms with Crippen LogP contribution in [0.25, 0.3) is 0 Å². The lowest BCUT2D eigenvalue weighted by atomic mass is 10.3. The Balaban J connectivity index is 2.76. The SMILES string of the molecule is CCCNC(=O)C(C)n1ncccc1=O. The first kappa shape index (κ1) is 11.4. The van der Waals surface area contributed by atoms with Crippen molar-refractivity contribution in [2.24, 2.45) is 0 Å². The Morgan fingerprint density at radius 1 is 1.67 bits per heavy atom. The summed E-state index contributed by atoms with van der Waals surface area (Å²) in [7, 11) is 0. The van der Waals surface area contributed by atoms with Crippen LogP contribution < -0.4 is 10.9 Å². The molecule has 1 aromatic heterocycles. The van der Waals surface area contributed by atoms with Gasteiger partial charge in [0.05, 0.1) is 0 Å². The molecule has 1 rings (SSSR count). The van der Waals surface area contributed by atoms with Crippen LogP contribution in [0.2, 0.25) is 0 Å². The summed E-state index contributed by atoms with van der Waals surface area (Å²) >= 11 is 0. The number of aromatic nitrogens is 2. The van der Waals surface area contributed by atoms with Gasteiger partial charge in [0.25, 0.3) is 5.56 Å². The molecule has 0 aliphatic heterocycles. The first-order chi connectivity index (χ1) is 7.16. The van der Waals surface area contributed by atoms with E-state index in [1.165, 1.54) is 16.9 Å². The van der Waals surface area contributed by atoms with E-state index >= 15 is 0 Å². The van der Waals surface area contributed by atoms with Crippen molar-refractivity contribution in [2.45, 2.75) is 26.3 Å². The maximum Gasteiger partial charge on any atom is 0.267 e. The molecule has 1 amide bonds. The highest BCUT2D eigenvalue weighted by Gasteiger charge is 2.15. The Morgan fingerprint density at radius 2 is 2.40 bits per heavy atom. The van der Waals surface area contributed by atoms with Crippen molar-refractivity contribution < 1.29 is 4.79 Å². The standard InChI is InChI=1S/C10H15N3O2/c1-3-6-11-10(15)8(2)13-9(14)5-4-7-12-13/h4-5,7-8H,3,6H2,1-2H3,(H,11,15). The van der Waals surface area contributed by atoms with Crippen molar-refractivity contribution in [3.63, 3.8) is 0 Å². The van der Waals surface area contributed by atoms with Crippen molar-refractivity contribution >= 4 is 5.91 Å². The normalized spacial score (nSPS) is 12.1. The van der Waals surface area contributed by atoms with Gasteiger partial charge in [-0.25, -0.2) is 4.68 Å². The molecule has 1 heterocycles. The summed E-state index contributed by atoms with van der Waals surface area (Å²) in [6.07, 6.45) is 2.36. The first-order valence-electron chi connectivity index (χ1n) is 4.98. The molecule has 0 aliphatic rings. The molecule has 0 radical (unpaired) electrons. The second-order valence-electron chi connectivity index (χ2n) is 3.27. The van der Waals surface area contributed by atoms with E-state index in [-0.39, 0.29) is 11.5 Å². The second kappa shape index (κ2) is 5.29. The van der Waals surface area contributed by atoms with E-state index in [1.54, 1.807) is 13.0 Å². The van der Waals surface area contributed by atoms with E-state index in [0.29, 0.717) is 6.54 Å². The third-order valence-electron chi connectivity index (χ3n) is 2.04. The third kappa shape index (κ3) is 2.90. The van der Waals surface area contributed by atoms with E-state index < -0.39 is 6.04 Å². The predicted octanol–water partition coefficient (Wildman–Crippen LogP) is 0.330. The average molecular weight is 209 g/mol. The van der Waals surface area contributed by atoms with Crippen LogP contribution in [-0.2, 0) is 4.79 Å². The minimum absolute atomic E-state index is 0.183. The average Bonchev–Trinajstić information content (AvgIpc) is 2.25. The molecule has 1 aromatic rings. The molecule has 15 heavy (non-hydrogen) atoms. The van der Waals surface area contributed by atoms with Crippen LogP contribution in [0.4, 0.5) is 0 Å². The molecule has 0 saturated carbocycles. The molecule has 0 saturated heterocycles. The Bertz CT molecular complexity index is 386. The number of carbonyl (C=O) groups is 1. The summed E-state index contributed by atoms with van der Waals surface area (Å²) in [5.74, 6) is -0.183. The van der Waals surface area contributed by atoms with Gasteiger partial charge in [0.15, 0.2) is 0 Å². The van der Waals surface area contributed by atoms with Gasteiger partial charge in [-0.05, 0) is 19.4 Å². The van der Waals surface area contributed by atoms with E-state index in [0.717, 1.165) is 6.42 Å². The molecule has 82 valence electrons. The van der Waals surface area contributed by atoms with Gasteiger partial charge in [-0.15, -0.1) is 0 Å². The van der Waals surface area contributed by atoms with Crippen molar-refractivity contribution in [3.05, 3.63) is 28.7 Å². The lowest BCUT2D eigenvalue weighted by Crippen LogP contribution is -2.36. The summed E-state index contributed by atoms with van der Waals surface area (Å²) in [5.41, 5.74) is -0.267. The molecule has 0 aromatic carbocycles. The van der Waals surface area contributed by atoms with Crippen molar-refractivity contribution in [3.8, 4) is 0 Å². The Morgan fingerprint density at radius 3 is 3.00 bits per heavy atom. The van der Waals surface area contributed by atoms with Crippen molar-refractivity contribution in [2.75, 3.05) is 6.54 Å². The summed E-state index contributed by atoms with van der Waals surface area (Å²) in [4.78, 5) is 22.9. The summed E-state index contributed by atoms with van der Waals surface area (Å²) in [5, 5.41) is 6.57. The number of rotatable bonds is 4. The second-order valence-corrected chi connectivity index (χ2v) is 3.27. The molecule has 1 atom stereocenters. The fourth-order valence-electron chi connectivity index (χ4n) is 1.17. The van der Waals surface area contributed by atoms with Gasteiger partial charge in [-0.1, -0.05) is 6.92 Å². The van der Waals surface area contributed by atoms with Gasteiger partial charge in [0.1, 0.15) is 6.04 Å². The molecule has 0 aliphatic carbocycles. The van der Waals surface area contributed by atoms with E-state index in [2.05, 4.69) is 10.4 Å². The van der Waals surface area contributed by atoms with E-state index in [4.69, 9.17) is 0 Å². The quantitative estimate of drug-likeness (QED) is 0.777. The van der Waals surface area contributed by atoms with Gasteiger partial charge < -0.3 is 5.32 Å². The van der Waals surface area contributed by atoms with E-state index in [9.17, 15) is 9.59 Å². The molecular formula is C10H15N3O2. The number of nitrogens with one attached hydrogen (secondary N) is 1. The highest BCUT2D eigenvalue weighted by atomic mass is 16.2. The molecule has 5 heteroatoms. The maximum absolute atomic E-state index is 11.5. The Kier molecular flexibility index (Phi) is 4.03. The van der Waals surface area contributed by atoms with Gasteiger partial charge in [-0.2, -0.15) is 5.10 Å². The van der Waals surface area contributed by atoms with Crippen LogP contribution >= 0.6 is 0 Å². The fraction of sp³-hybridized carbons (Fsp3) is 0.500. The minimum Gasteiger partial charge on any atom is -0.354 e. The van der Waals surface area contributed by atoms with Crippen molar-refractivity contribution in [1.82, 2.24) is 15.1 Å². The zero-order valence-electron chi connectivity index (χ0n) is 8.93. The van der Waals surface area contributed by atoms with Gasteiger partial charge in [0, 0.05) is 18.8 Å². The number of carbonyl (C=O) groups excluding carboxylic acids is 1. The highest BCUT2D eigenvalue weighted by Crippen LogP contribution is 1.98. The molecule has 0 fully saturated rings. The van der Waals surface area contributed by atoms with Crippen LogP contribution in [0.3, 0.4) is 0 Å². The maximum atomic E-state index is 11.5. The fourth-order valence-corrected chi connectivity index (χ4v) is 1.17. The number of hydrogen-bond donors (Lipinski definition) is 1. The lowest BCUT2D eigenvalue weighted by Gasteiger charge is -2.12. The number of nitrogens with zero attached hydrogens (tertiary/aromatic N) is 2. The van der Waals surface area contributed by atoms with E-state index in [1.807, 2.05) is 6.92 Å². The molecule has 1 unspecified atom stereocenters. The van der Waals surface area contributed by atoms with Crippen LogP contribution in [0.15, 0.2) is 23.1 Å². The lowest BCUT2D eigenvalue weighted by molar-refractivity contribution is -0.124. The van der Waals surface area contributed by atoms with Gasteiger partial charge in [0.2, 0.25) is 5.91 Å². The van der Waals surface area contributed by atoms with Crippen LogP contribution in [0.1, 0.15) is 26.3 Å². The topological polar surface area (TPSA) is 64.0 Å². The molecular weight excluding hydrogens is 194 g/mol.